The molecule has 126 valence electrons. The van der Waals surface area contributed by atoms with Crippen molar-refractivity contribution in [2.24, 2.45) is 0 Å². The summed E-state index contributed by atoms with van der Waals surface area (Å²) in [5, 5.41) is 12.8. The molecule has 1 heterocycles. The minimum atomic E-state index is -0.586. The van der Waals surface area contributed by atoms with Crippen molar-refractivity contribution in [3.05, 3.63) is 78.1 Å². The van der Waals surface area contributed by atoms with Crippen LogP contribution in [0.2, 0.25) is 0 Å². The van der Waals surface area contributed by atoms with Crippen molar-refractivity contribution in [3.8, 4) is 0 Å². The minimum Gasteiger partial charge on any atom is -0.388 e. The predicted octanol–water partition coefficient (Wildman–Crippen LogP) is 2.88. The zero-order valence-corrected chi connectivity index (χ0v) is 13.7. The summed E-state index contributed by atoms with van der Waals surface area (Å²) >= 11 is 0. The minimum absolute atomic E-state index is 0.227. The smallest absolute Gasteiger partial charge is 0.244 e. The average molecular weight is 333 g/mol. The molecule has 0 aliphatic rings. The van der Waals surface area contributed by atoms with E-state index in [1.807, 2.05) is 54.6 Å². The molecule has 0 radical (unpaired) electrons. The number of aliphatic hydroxyl groups is 1. The van der Waals surface area contributed by atoms with Crippen molar-refractivity contribution in [1.29, 1.82) is 0 Å². The number of benzene rings is 2. The molecule has 2 aromatic carbocycles. The number of para-hydroxylation sites is 2. The van der Waals surface area contributed by atoms with Gasteiger partial charge >= 0.3 is 0 Å². The van der Waals surface area contributed by atoms with Crippen LogP contribution in [-0.4, -0.2) is 27.5 Å². The number of hydrogen-bond acceptors (Lipinski definition) is 4. The summed E-state index contributed by atoms with van der Waals surface area (Å²) in [7, 11) is 0. The maximum atomic E-state index is 11.9. The highest BCUT2D eigenvalue weighted by Crippen LogP contribution is 2.14. The molecule has 1 amide bonds. The summed E-state index contributed by atoms with van der Waals surface area (Å²) in [5.74, 6) is -0.227. The number of fused-ring (bicyclic) bond motifs is 1. The molecule has 3 rings (SSSR count). The predicted molar refractivity (Wildman–Crippen MR) is 97.6 cm³/mol. The van der Waals surface area contributed by atoms with Crippen molar-refractivity contribution in [3.63, 3.8) is 0 Å². The Morgan fingerprint density at radius 1 is 1.08 bits per heavy atom. The zero-order chi connectivity index (χ0) is 17.5. The van der Waals surface area contributed by atoms with Gasteiger partial charge in [0.25, 0.3) is 0 Å². The van der Waals surface area contributed by atoms with Gasteiger partial charge in [0.05, 0.1) is 29.0 Å². The number of aromatic nitrogens is 2. The van der Waals surface area contributed by atoms with Gasteiger partial charge in [-0.1, -0.05) is 42.5 Å². The van der Waals surface area contributed by atoms with Crippen LogP contribution in [0.15, 0.2) is 66.9 Å². The summed E-state index contributed by atoms with van der Waals surface area (Å²) in [6.45, 7) is 0.392. The van der Waals surface area contributed by atoms with Crippen molar-refractivity contribution < 1.29 is 9.90 Å². The molecule has 5 nitrogen and oxygen atoms in total. The lowest BCUT2D eigenvalue weighted by Crippen LogP contribution is -2.23. The summed E-state index contributed by atoms with van der Waals surface area (Å²) in [5.41, 5.74) is 3.08. The molecule has 0 aliphatic heterocycles. The maximum Gasteiger partial charge on any atom is 0.244 e. The summed E-state index contributed by atoms with van der Waals surface area (Å²) in [6, 6.07) is 17.0. The van der Waals surface area contributed by atoms with Gasteiger partial charge in [-0.15, -0.1) is 0 Å². The van der Waals surface area contributed by atoms with Gasteiger partial charge in [0, 0.05) is 12.6 Å². The van der Waals surface area contributed by atoms with E-state index in [-0.39, 0.29) is 5.91 Å². The van der Waals surface area contributed by atoms with Crippen LogP contribution < -0.4 is 5.32 Å². The number of nitrogens with one attached hydrogen (secondary N) is 1. The molecule has 0 fully saturated rings. The van der Waals surface area contributed by atoms with E-state index in [0.717, 1.165) is 16.6 Å². The van der Waals surface area contributed by atoms with Crippen LogP contribution in [0.25, 0.3) is 17.1 Å². The van der Waals surface area contributed by atoms with Gasteiger partial charge in [-0.2, -0.15) is 0 Å². The Morgan fingerprint density at radius 2 is 1.80 bits per heavy atom. The van der Waals surface area contributed by atoms with Crippen LogP contribution in [0.5, 0.6) is 0 Å². The number of nitrogens with zero attached hydrogens (tertiary/aromatic N) is 2. The zero-order valence-electron chi connectivity index (χ0n) is 13.7. The second-order valence-electron chi connectivity index (χ2n) is 5.62. The molecule has 3 aromatic rings. The van der Waals surface area contributed by atoms with Crippen molar-refractivity contribution in [1.82, 2.24) is 15.3 Å². The SMILES string of the molecule is O=C(C=Cc1cnc2ccccc2n1)NCCC(O)c1ccccc1. The highest BCUT2D eigenvalue weighted by atomic mass is 16.3. The van der Waals surface area contributed by atoms with E-state index >= 15 is 0 Å². The molecule has 2 N–H and O–H groups in total. The first-order chi connectivity index (χ1) is 12.2. The van der Waals surface area contributed by atoms with Crippen LogP contribution in [0.3, 0.4) is 0 Å². The summed E-state index contributed by atoms with van der Waals surface area (Å²) < 4.78 is 0. The fourth-order valence-corrected chi connectivity index (χ4v) is 2.45. The number of carbonyl (C=O) groups is 1. The van der Waals surface area contributed by atoms with Gasteiger partial charge in [0.1, 0.15) is 0 Å². The normalized spacial score (nSPS) is 12.4. The Morgan fingerprint density at radius 3 is 2.60 bits per heavy atom. The second kappa shape index (κ2) is 8.17. The standard InChI is InChI=1S/C20H19N3O2/c24-19(15-6-2-1-3-7-15)12-13-21-20(25)11-10-16-14-22-17-8-4-5-9-18(17)23-16/h1-11,14,19,24H,12-13H2,(H,21,25). The number of rotatable bonds is 6. The average Bonchev–Trinajstić information content (AvgIpc) is 2.67. The van der Waals surface area contributed by atoms with E-state index in [4.69, 9.17) is 0 Å². The first-order valence-corrected chi connectivity index (χ1v) is 8.13. The van der Waals surface area contributed by atoms with Crippen LogP contribution >= 0.6 is 0 Å². The molecule has 1 unspecified atom stereocenters. The first-order valence-electron chi connectivity index (χ1n) is 8.13. The van der Waals surface area contributed by atoms with Gasteiger partial charge < -0.3 is 10.4 Å². The van der Waals surface area contributed by atoms with Crippen LogP contribution in [-0.2, 0) is 4.79 Å². The highest BCUT2D eigenvalue weighted by molar-refractivity contribution is 5.91. The third-order valence-corrected chi connectivity index (χ3v) is 3.77. The number of hydrogen-bond donors (Lipinski definition) is 2. The summed E-state index contributed by atoms with van der Waals surface area (Å²) in [6.07, 6.45) is 4.55. The Balaban J connectivity index is 1.50. The molecule has 0 saturated heterocycles. The molecule has 0 saturated carbocycles. The van der Waals surface area contributed by atoms with E-state index in [1.54, 1.807) is 12.3 Å². The van der Waals surface area contributed by atoms with E-state index in [0.29, 0.717) is 18.7 Å². The topological polar surface area (TPSA) is 75.1 Å². The molecular formula is C20H19N3O2. The first kappa shape index (κ1) is 16.8. The van der Waals surface area contributed by atoms with Gasteiger partial charge in [-0.25, -0.2) is 4.98 Å². The molecule has 0 spiro atoms. The van der Waals surface area contributed by atoms with Crippen LogP contribution in [0.4, 0.5) is 0 Å². The fourth-order valence-electron chi connectivity index (χ4n) is 2.45. The van der Waals surface area contributed by atoms with Crippen molar-refractivity contribution >= 4 is 23.0 Å². The molecular weight excluding hydrogens is 314 g/mol. The van der Waals surface area contributed by atoms with Crippen molar-refractivity contribution in [2.45, 2.75) is 12.5 Å². The lowest BCUT2D eigenvalue weighted by atomic mass is 10.1. The van der Waals surface area contributed by atoms with Crippen molar-refractivity contribution in [2.75, 3.05) is 6.54 Å². The van der Waals surface area contributed by atoms with Crippen LogP contribution in [0.1, 0.15) is 23.8 Å². The van der Waals surface area contributed by atoms with E-state index in [1.165, 1.54) is 6.08 Å². The third kappa shape index (κ3) is 4.71. The van der Waals surface area contributed by atoms with Gasteiger partial charge in [-0.05, 0) is 30.2 Å². The largest absolute Gasteiger partial charge is 0.388 e. The quantitative estimate of drug-likeness (QED) is 0.680. The molecule has 1 aromatic heterocycles. The Kier molecular flexibility index (Phi) is 5.49. The lowest BCUT2D eigenvalue weighted by Gasteiger charge is -2.10. The Bertz CT molecular complexity index is 878. The van der Waals surface area contributed by atoms with Gasteiger partial charge in [0.15, 0.2) is 0 Å². The molecule has 0 bridgehead atoms. The molecule has 5 heteroatoms. The number of carbonyl (C=O) groups excluding carboxylic acids is 1. The Labute approximate surface area is 146 Å². The van der Waals surface area contributed by atoms with E-state index in [9.17, 15) is 9.90 Å². The molecule has 25 heavy (non-hydrogen) atoms. The lowest BCUT2D eigenvalue weighted by molar-refractivity contribution is -0.116. The molecule has 0 aliphatic carbocycles. The highest BCUT2D eigenvalue weighted by Gasteiger charge is 2.06. The monoisotopic (exact) mass is 333 g/mol. The molecule has 1 atom stereocenters. The number of aliphatic hydroxyl groups excluding tert-OH is 1. The second-order valence-corrected chi connectivity index (χ2v) is 5.62. The Hall–Kier alpha value is -3.05. The fraction of sp³-hybridized carbons (Fsp3) is 0.150. The van der Waals surface area contributed by atoms with E-state index < -0.39 is 6.10 Å². The summed E-state index contributed by atoms with van der Waals surface area (Å²) in [4.78, 5) is 20.6. The van der Waals surface area contributed by atoms with Gasteiger partial charge in [0.2, 0.25) is 5.91 Å². The van der Waals surface area contributed by atoms with Crippen LogP contribution in [0, 0.1) is 0 Å². The number of amides is 1. The van der Waals surface area contributed by atoms with E-state index in [2.05, 4.69) is 15.3 Å². The van der Waals surface area contributed by atoms with Gasteiger partial charge in [-0.3, -0.25) is 9.78 Å². The third-order valence-electron chi connectivity index (χ3n) is 3.77. The maximum absolute atomic E-state index is 11.9.